The van der Waals surface area contributed by atoms with Crippen LogP contribution in [0.15, 0.2) is 0 Å². The summed E-state index contributed by atoms with van der Waals surface area (Å²) in [7, 11) is 2.37. The zero-order valence-corrected chi connectivity index (χ0v) is 13.3. The van der Waals surface area contributed by atoms with E-state index in [0.29, 0.717) is 5.54 Å². The number of hydrogen-bond acceptors (Lipinski definition) is 2. The van der Waals surface area contributed by atoms with Gasteiger partial charge in [0.2, 0.25) is 0 Å². The van der Waals surface area contributed by atoms with Crippen LogP contribution >= 0.6 is 0 Å². The van der Waals surface area contributed by atoms with Gasteiger partial charge in [0.25, 0.3) is 0 Å². The van der Waals surface area contributed by atoms with Gasteiger partial charge in [-0.15, -0.1) is 0 Å². The van der Waals surface area contributed by atoms with Crippen molar-refractivity contribution in [3.05, 3.63) is 0 Å². The van der Waals surface area contributed by atoms with Gasteiger partial charge in [0.15, 0.2) is 0 Å². The molecule has 0 heterocycles. The topological polar surface area (TPSA) is 29.3 Å². The van der Waals surface area contributed by atoms with Crippen molar-refractivity contribution in [1.82, 2.24) is 4.90 Å². The van der Waals surface area contributed by atoms with E-state index < -0.39 is 0 Å². The molecule has 0 radical (unpaired) electrons. The molecule has 0 aromatic carbocycles. The van der Waals surface area contributed by atoms with Crippen LogP contribution in [0.2, 0.25) is 0 Å². The van der Waals surface area contributed by atoms with Crippen LogP contribution in [0.25, 0.3) is 0 Å². The normalized spacial score (nSPS) is 40.6. The van der Waals surface area contributed by atoms with E-state index in [9.17, 15) is 0 Å². The summed E-state index contributed by atoms with van der Waals surface area (Å²) in [5.41, 5.74) is 6.54. The summed E-state index contributed by atoms with van der Waals surface area (Å²) in [6, 6.07) is 0.784. The molecule has 0 aliphatic heterocycles. The lowest BCUT2D eigenvalue weighted by Crippen LogP contribution is -2.61. The van der Waals surface area contributed by atoms with Gasteiger partial charge in [-0.1, -0.05) is 33.1 Å². The van der Waals surface area contributed by atoms with Crippen molar-refractivity contribution >= 4 is 0 Å². The van der Waals surface area contributed by atoms with Crippen LogP contribution in [0.5, 0.6) is 0 Å². The molecule has 2 atom stereocenters. The van der Waals surface area contributed by atoms with E-state index in [1.165, 1.54) is 57.8 Å². The number of likely N-dealkylation sites (N-methyl/N-ethyl adjacent to an activating group) is 1. The molecule has 0 aromatic heterocycles. The molecule has 2 aliphatic rings. The molecule has 0 spiro atoms. The summed E-state index contributed by atoms with van der Waals surface area (Å²) in [6.45, 7) is 5.62. The lowest BCUT2D eigenvalue weighted by molar-refractivity contribution is -0.0129. The Morgan fingerprint density at radius 1 is 1.11 bits per heavy atom. The predicted molar refractivity (Wildman–Crippen MR) is 83.2 cm³/mol. The Bertz CT molecular complexity index is 270. The first-order chi connectivity index (χ1) is 9.14. The number of rotatable bonds is 4. The van der Waals surface area contributed by atoms with E-state index >= 15 is 0 Å². The third-order valence-corrected chi connectivity index (χ3v) is 6.41. The van der Waals surface area contributed by atoms with E-state index in [2.05, 4.69) is 25.8 Å². The molecule has 2 N–H and O–H groups in total. The first kappa shape index (κ1) is 15.3. The van der Waals surface area contributed by atoms with Gasteiger partial charge in [-0.25, -0.2) is 0 Å². The lowest BCUT2D eigenvalue weighted by Gasteiger charge is -2.52. The second-order valence-electron chi connectivity index (χ2n) is 7.15. The molecule has 2 fully saturated rings. The summed E-state index contributed by atoms with van der Waals surface area (Å²) in [5, 5.41) is 0. The number of nitrogens with zero attached hydrogens (tertiary/aromatic N) is 1. The van der Waals surface area contributed by atoms with Crippen molar-refractivity contribution < 1.29 is 0 Å². The number of nitrogens with two attached hydrogens (primary N) is 1. The van der Waals surface area contributed by atoms with Crippen molar-refractivity contribution in [1.29, 1.82) is 0 Å². The van der Waals surface area contributed by atoms with Gasteiger partial charge in [-0.3, -0.25) is 4.90 Å². The third kappa shape index (κ3) is 3.00. The molecular weight excluding hydrogens is 232 g/mol. The zero-order chi connectivity index (χ0) is 13.9. The molecule has 2 unspecified atom stereocenters. The van der Waals surface area contributed by atoms with E-state index in [0.717, 1.165) is 24.4 Å². The van der Waals surface area contributed by atoms with Gasteiger partial charge in [0.1, 0.15) is 0 Å². The Hall–Kier alpha value is -0.0800. The van der Waals surface area contributed by atoms with Gasteiger partial charge >= 0.3 is 0 Å². The molecule has 19 heavy (non-hydrogen) atoms. The molecule has 2 aliphatic carbocycles. The highest BCUT2D eigenvalue weighted by Crippen LogP contribution is 2.41. The fourth-order valence-corrected chi connectivity index (χ4v) is 4.67. The van der Waals surface area contributed by atoms with Gasteiger partial charge in [0, 0.05) is 18.1 Å². The van der Waals surface area contributed by atoms with E-state index in [1.54, 1.807) is 0 Å². The highest BCUT2D eigenvalue weighted by molar-refractivity contribution is 5.00. The van der Waals surface area contributed by atoms with Crippen molar-refractivity contribution in [2.24, 2.45) is 17.6 Å². The predicted octanol–water partition coefficient (Wildman–Crippen LogP) is 3.79. The van der Waals surface area contributed by atoms with Crippen molar-refractivity contribution in [3.63, 3.8) is 0 Å². The third-order valence-electron chi connectivity index (χ3n) is 6.41. The standard InChI is InChI=1S/C17H34N2/c1-4-15-8-10-16(11-9-15)19(3)17(13-18)12-6-5-7-14(17)2/h14-16H,4-13,18H2,1-3H3. The molecule has 0 aromatic rings. The van der Waals surface area contributed by atoms with E-state index in [1.807, 2.05) is 0 Å². The van der Waals surface area contributed by atoms with E-state index in [-0.39, 0.29) is 0 Å². The van der Waals surface area contributed by atoms with Crippen LogP contribution in [-0.2, 0) is 0 Å². The molecule has 0 saturated heterocycles. The zero-order valence-electron chi connectivity index (χ0n) is 13.3. The quantitative estimate of drug-likeness (QED) is 0.838. The molecule has 0 amide bonds. The first-order valence-electron chi connectivity index (χ1n) is 8.57. The Kier molecular flexibility index (Phi) is 5.30. The Morgan fingerprint density at radius 2 is 1.79 bits per heavy atom. The van der Waals surface area contributed by atoms with Gasteiger partial charge in [0.05, 0.1) is 0 Å². The molecular formula is C17H34N2. The minimum atomic E-state index is 0.294. The largest absolute Gasteiger partial charge is 0.329 e. The van der Waals surface area contributed by atoms with E-state index in [4.69, 9.17) is 5.73 Å². The van der Waals surface area contributed by atoms with Crippen LogP contribution in [-0.4, -0.2) is 30.1 Å². The summed E-state index contributed by atoms with van der Waals surface area (Å²) in [5.74, 6) is 1.75. The van der Waals surface area contributed by atoms with Crippen LogP contribution in [0, 0.1) is 11.8 Å². The fourth-order valence-electron chi connectivity index (χ4n) is 4.67. The molecule has 2 heteroatoms. The Morgan fingerprint density at radius 3 is 2.32 bits per heavy atom. The molecule has 2 saturated carbocycles. The lowest BCUT2D eigenvalue weighted by atomic mass is 9.71. The van der Waals surface area contributed by atoms with Crippen LogP contribution in [0.4, 0.5) is 0 Å². The van der Waals surface area contributed by atoms with Crippen LogP contribution < -0.4 is 5.73 Å². The minimum Gasteiger partial charge on any atom is -0.329 e. The maximum Gasteiger partial charge on any atom is 0.0357 e. The highest BCUT2D eigenvalue weighted by atomic mass is 15.2. The van der Waals surface area contributed by atoms with Gasteiger partial charge < -0.3 is 5.73 Å². The minimum absolute atomic E-state index is 0.294. The summed E-state index contributed by atoms with van der Waals surface area (Å²) >= 11 is 0. The average Bonchev–Trinajstić information content (AvgIpc) is 2.47. The number of hydrogen-bond donors (Lipinski definition) is 1. The summed E-state index contributed by atoms with van der Waals surface area (Å²) in [6.07, 6.45) is 12.5. The second-order valence-corrected chi connectivity index (χ2v) is 7.15. The van der Waals surface area contributed by atoms with Crippen molar-refractivity contribution in [3.8, 4) is 0 Å². The monoisotopic (exact) mass is 266 g/mol. The van der Waals surface area contributed by atoms with Gasteiger partial charge in [-0.2, -0.15) is 0 Å². The molecule has 112 valence electrons. The van der Waals surface area contributed by atoms with Gasteiger partial charge in [-0.05, 0) is 57.4 Å². The maximum absolute atomic E-state index is 6.25. The second kappa shape index (κ2) is 6.58. The smallest absolute Gasteiger partial charge is 0.0357 e. The first-order valence-corrected chi connectivity index (χ1v) is 8.57. The fraction of sp³-hybridized carbons (Fsp3) is 1.00. The van der Waals surface area contributed by atoms with Crippen LogP contribution in [0.3, 0.4) is 0 Å². The molecule has 0 bridgehead atoms. The maximum atomic E-state index is 6.25. The summed E-state index contributed by atoms with van der Waals surface area (Å²) in [4.78, 5) is 2.71. The van der Waals surface area contributed by atoms with Crippen molar-refractivity contribution in [2.75, 3.05) is 13.6 Å². The van der Waals surface area contributed by atoms with Crippen molar-refractivity contribution in [2.45, 2.75) is 83.2 Å². The average molecular weight is 266 g/mol. The SMILES string of the molecule is CCC1CCC(N(C)C2(CN)CCCCC2C)CC1. The highest BCUT2D eigenvalue weighted by Gasteiger charge is 2.43. The molecule has 2 rings (SSSR count). The Labute approximate surface area is 120 Å². The van der Waals surface area contributed by atoms with Crippen LogP contribution in [0.1, 0.15) is 71.6 Å². The molecule has 2 nitrogen and oxygen atoms in total. The Balaban J connectivity index is 2.02. The summed E-state index contributed by atoms with van der Waals surface area (Å²) < 4.78 is 0.